The van der Waals surface area contributed by atoms with Gasteiger partial charge in [-0.2, -0.15) is 0 Å². The summed E-state index contributed by atoms with van der Waals surface area (Å²) in [5.41, 5.74) is 1.11. The van der Waals surface area contributed by atoms with Gasteiger partial charge in [0.05, 0.1) is 5.69 Å². The fourth-order valence-corrected chi connectivity index (χ4v) is 2.40. The molecule has 0 aliphatic carbocycles. The van der Waals surface area contributed by atoms with Crippen molar-refractivity contribution in [3.05, 3.63) is 15.6 Å². The van der Waals surface area contributed by atoms with Gasteiger partial charge in [0.1, 0.15) is 11.1 Å². The maximum atomic E-state index is 5.25. The van der Waals surface area contributed by atoms with Crippen LogP contribution < -0.4 is 5.32 Å². The second kappa shape index (κ2) is 4.87. The zero-order chi connectivity index (χ0) is 10.7. The van der Waals surface area contributed by atoms with Crippen LogP contribution in [0.1, 0.15) is 41.6 Å². The van der Waals surface area contributed by atoms with E-state index in [1.807, 2.05) is 20.9 Å². The predicted molar refractivity (Wildman–Crippen MR) is 59.7 cm³/mol. The van der Waals surface area contributed by atoms with Crippen molar-refractivity contribution < 1.29 is 4.74 Å². The highest BCUT2D eigenvalue weighted by Gasteiger charge is 2.16. The number of hydrogen-bond acceptors (Lipinski definition) is 4. The molecule has 0 aromatic carbocycles. The molecule has 2 unspecified atom stereocenters. The van der Waals surface area contributed by atoms with Crippen molar-refractivity contribution in [1.29, 1.82) is 0 Å². The van der Waals surface area contributed by atoms with E-state index in [0.29, 0.717) is 6.04 Å². The Bertz CT molecular complexity index is 298. The number of rotatable bonds is 4. The number of aromatic nitrogens is 1. The molecule has 2 atom stereocenters. The molecule has 0 aliphatic heterocycles. The monoisotopic (exact) mass is 214 g/mol. The van der Waals surface area contributed by atoms with Crippen LogP contribution in [0.25, 0.3) is 0 Å². The zero-order valence-electron chi connectivity index (χ0n) is 9.42. The van der Waals surface area contributed by atoms with E-state index in [4.69, 9.17) is 4.74 Å². The van der Waals surface area contributed by atoms with Crippen molar-refractivity contribution in [3.8, 4) is 0 Å². The second-order valence-corrected chi connectivity index (χ2v) is 4.45. The van der Waals surface area contributed by atoms with Crippen LogP contribution in [0.5, 0.6) is 0 Å². The third-order valence-electron chi connectivity index (χ3n) is 2.38. The van der Waals surface area contributed by atoms with Crippen LogP contribution in [-0.2, 0) is 4.74 Å². The van der Waals surface area contributed by atoms with Crippen LogP contribution in [0.3, 0.4) is 0 Å². The largest absolute Gasteiger partial charge is 0.375 e. The van der Waals surface area contributed by atoms with Gasteiger partial charge in [0, 0.05) is 18.0 Å². The van der Waals surface area contributed by atoms with Gasteiger partial charge in [-0.15, -0.1) is 11.3 Å². The molecule has 1 heterocycles. The van der Waals surface area contributed by atoms with Gasteiger partial charge >= 0.3 is 0 Å². The van der Waals surface area contributed by atoms with Gasteiger partial charge < -0.3 is 10.1 Å². The first-order valence-electron chi connectivity index (χ1n) is 4.77. The summed E-state index contributed by atoms with van der Waals surface area (Å²) in [5, 5.41) is 4.28. The Labute approximate surface area is 89.5 Å². The first-order valence-corrected chi connectivity index (χ1v) is 5.59. The first-order chi connectivity index (χ1) is 6.60. The summed E-state index contributed by atoms with van der Waals surface area (Å²) in [6.45, 7) is 6.21. The molecule has 0 aliphatic rings. The maximum Gasteiger partial charge on any atom is 0.122 e. The van der Waals surface area contributed by atoms with Crippen LogP contribution in [0.2, 0.25) is 0 Å². The molecule has 0 spiro atoms. The lowest BCUT2D eigenvalue weighted by molar-refractivity contribution is 0.119. The molecule has 3 nitrogen and oxygen atoms in total. The Balaban J connectivity index is 2.92. The summed E-state index contributed by atoms with van der Waals surface area (Å²) in [5.74, 6) is 0. The molecule has 0 radical (unpaired) electrons. The lowest BCUT2D eigenvalue weighted by Crippen LogP contribution is -2.11. The van der Waals surface area contributed by atoms with E-state index in [2.05, 4.69) is 17.2 Å². The number of thiazole rings is 1. The van der Waals surface area contributed by atoms with Crippen LogP contribution in [0.4, 0.5) is 0 Å². The highest BCUT2D eigenvalue weighted by atomic mass is 32.1. The van der Waals surface area contributed by atoms with Crippen molar-refractivity contribution >= 4 is 11.3 Å². The van der Waals surface area contributed by atoms with Gasteiger partial charge in [0.15, 0.2) is 0 Å². The van der Waals surface area contributed by atoms with E-state index in [1.165, 1.54) is 4.88 Å². The summed E-state index contributed by atoms with van der Waals surface area (Å²) < 4.78 is 5.25. The molecular formula is C10H18N2OS. The normalized spacial score (nSPS) is 15.5. The summed E-state index contributed by atoms with van der Waals surface area (Å²) >= 11 is 1.73. The lowest BCUT2D eigenvalue weighted by Gasteiger charge is -2.07. The van der Waals surface area contributed by atoms with Crippen molar-refractivity contribution in [2.75, 3.05) is 14.2 Å². The second-order valence-electron chi connectivity index (χ2n) is 3.39. The Morgan fingerprint density at radius 3 is 2.57 bits per heavy atom. The highest BCUT2D eigenvalue weighted by Crippen LogP contribution is 2.29. The summed E-state index contributed by atoms with van der Waals surface area (Å²) in [7, 11) is 3.67. The van der Waals surface area contributed by atoms with Crippen LogP contribution in [0, 0.1) is 6.92 Å². The molecular weight excluding hydrogens is 196 g/mol. The Hall–Kier alpha value is -0.450. The fraction of sp³-hybridized carbons (Fsp3) is 0.700. The van der Waals surface area contributed by atoms with Gasteiger partial charge in [0.2, 0.25) is 0 Å². The Morgan fingerprint density at radius 2 is 2.07 bits per heavy atom. The van der Waals surface area contributed by atoms with Gasteiger partial charge in [-0.05, 0) is 27.8 Å². The molecule has 0 bridgehead atoms. The molecule has 1 aromatic heterocycles. The van der Waals surface area contributed by atoms with Gasteiger partial charge in [-0.1, -0.05) is 0 Å². The predicted octanol–water partition coefficient (Wildman–Crippen LogP) is 2.44. The van der Waals surface area contributed by atoms with Gasteiger partial charge in [-0.25, -0.2) is 4.98 Å². The molecule has 80 valence electrons. The average molecular weight is 214 g/mol. The minimum absolute atomic E-state index is 0.0940. The summed E-state index contributed by atoms with van der Waals surface area (Å²) in [4.78, 5) is 5.80. The van der Waals surface area contributed by atoms with E-state index in [9.17, 15) is 0 Å². The van der Waals surface area contributed by atoms with Gasteiger partial charge in [-0.3, -0.25) is 0 Å². The number of nitrogens with zero attached hydrogens (tertiary/aromatic N) is 1. The zero-order valence-corrected chi connectivity index (χ0v) is 10.2. The molecule has 14 heavy (non-hydrogen) atoms. The Morgan fingerprint density at radius 1 is 1.43 bits per heavy atom. The lowest BCUT2D eigenvalue weighted by atomic mass is 10.2. The average Bonchev–Trinajstić information content (AvgIpc) is 2.58. The minimum Gasteiger partial charge on any atom is -0.375 e. The van der Waals surface area contributed by atoms with E-state index in [0.717, 1.165) is 10.7 Å². The Kier molecular flexibility index (Phi) is 4.04. The first kappa shape index (κ1) is 11.6. The summed E-state index contributed by atoms with van der Waals surface area (Å²) in [6, 6.07) is 0.366. The van der Waals surface area contributed by atoms with E-state index >= 15 is 0 Å². The van der Waals surface area contributed by atoms with Crippen LogP contribution in [0.15, 0.2) is 0 Å². The van der Waals surface area contributed by atoms with E-state index in [-0.39, 0.29) is 6.10 Å². The fourth-order valence-electron chi connectivity index (χ4n) is 1.24. The third kappa shape index (κ3) is 2.32. The van der Waals surface area contributed by atoms with E-state index in [1.54, 1.807) is 18.4 Å². The molecule has 0 amide bonds. The molecule has 0 fully saturated rings. The van der Waals surface area contributed by atoms with Crippen LogP contribution in [-0.4, -0.2) is 19.1 Å². The SMILES string of the molecule is CNC(C)c1sc(C(C)OC)nc1C. The molecule has 1 rings (SSSR count). The van der Waals surface area contributed by atoms with Crippen molar-refractivity contribution in [2.45, 2.75) is 32.9 Å². The van der Waals surface area contributed by atoms with Gasteiger partial charge in [0.25, 0.3) is 0 Å². The van der Waals surface area contributed by atoms with E-state index < -0.39 is 0 Å². The van der Waals surface area contributed by atoms with Crippen molar-refractivity contribution in [3.63, 3.8) is 0 Å². The quantitative estimate of drug-likeness (QED) is 0.836. The smallest absolute Gasteiger partial charge is 0.122 e. The third-order valence-corrected chi connectivity index (χ3v) is 3.88. The van der Waals surface area contributed by atoms with Crippen LogP contribution >= 0.6 is 11.3 Å². The maximum absolute atomic E-state index is 5.25. The topological polar surface area (TPSA) is 34.1 Å². The number of methoxy groups -OCH3 is 1. The number of nitrogens with one attached hydrogen (secondary N) is 1. The molecule has 1 N–H and O–H groups in total. The molecule has 4 heteroatoms. The number of aryl methyl sites for hydroxylation is 1. The minimum atomic E-state index is 0.0940. The van der Waals surface area contributed by atoms with Crippen molar-refractivity contribution in [2.24, 2.45) is 0 Å². The standard InChI is InChI=1S/C10H18N2OS/c1-6(11-4)9-7(2)12-10(14-9)8(3)13-5/h6,8,11H,1-5H3. The summed E-state index contributed by atoms with van der Waals surface area (Å²) in [6.07, 6.45) is 0.0940. The van der Waals surface area contributed by atoms with Crippen molar-refractivity contribution in [1.82, 2.24) is 10.3 Å². The molecule has 0 saturated heterocycles. The molecule has 0 saturated carbocycles. The molecule has 1 aromatic rings. The number of hydrogen-bond donors (Lipinski definition) is 1. The highest BCUT2D eigenvalue weighted by molar-refractivity contribution is 7.11. The number of ether oxygens (including phenoxy) is 1.